The number of benzene rings is 3. The Bertz CT molecular complexity index is 1570. The van der Waals surface area contributed by atoms with E-state index >= 15 is 0 Å². The maximum Gasteiger partial charge on any atom is 0.347 e. The van der Waals surface area contributed by atoms with Crippen molar-refractivity contribution in [3.63, 3.8) is 0 Å². The highest BCUT2D eigenvalue weighted by Gasteiger charge is 2.29. The Hall–Kier alpha value is -4.73. The number of hydrogen-bond donors (Lipinski definition) is 3. The molecule has 0 aromatic heterocycles. The molecule has 0 spiro atoms. The number of aryl methyl sites for hydroxylation is 1. The second kappa shape index (κ2) is 11.2. The molecule has 0 saturated carbocycles. The highest BCUT2D eigenvalue weighted by Crippen LogP contribution is 2.41. The summed E-state index contributed by atoms with van der Waals surface area (Å²) in [7, 11) is 2.68. The van der Waals surface area contributed by atoms with E-state index in [0.717, 1.165) is 0 Å². The van der Waals surface area contributed by atoms with Crippen LogP contribution in [-0.2, 0) is 0 Å². The quantitative estimate of drug-likeness (QED) is 0.256. The third kappa shape index (κ3) is 5.00. The van der Waals surface area contributed by atoms with Crippen molar-refractivity contribution in [2.75, 3.05) is 14.2 Å². The first-order chi connectivity index (χ1) is 18.7. The summed E-state index contributed by atoms with van der Waals surface area (Å²) in [5.74, 6) is -2.93. The van der Waals surface area contributed by atoms with Crippen molar-refractivity contribution in [2.45, 2.75) is 48.5 Å². The summed E-state index contributed by atoms with van der Waals surface area (Å²) in [5, 5.41) is 30.0. The minimum Gasteiger partial charge on any atom is -0.508 e. The molecular weight excluding hydrogens is 520 g/mol. The van der Waals surface area contributed by atoms with Crippen LogP contribution in [-0.4, -0.2) is 47.4 Å². The maximum atomic E-state index is 13.5. The van der Waals surface area contributed by atoms with Gasteiger partial charge >= 0.3 is 17.9 Å². The van der Waals surface area contributed by atoms with E-state index in [1.165, 1.54) is 33.3 Å². The predicted octanol–water partition coefficient (Wildman–Crippen LogP) is 5.41. The van der Waals surface area contributed by atoms with E-state index in [2.05, 4.69) is 0 Å². The first-order valence-corrected chi connectivity index (χ1v) is 12.2. The van der Waals surface area contributed by atoms with Gasteiger partial charge in [0, 0.05) is 17.2 Å². The van der Waals surface area contributed by atoms with Crippen molar-refractivity contribution < 1.29 is 48.7 Å². The van der Waals surface area contributed by atoms with Crippen LogP contribution in [0.15, 0.2) is 12.1 Å². The molecule has 0 radical (unpaired) electrons. The van der Waals surface area contributed by atoms with Crippen molar-refractivity contribution in [3.05, 3.63) is 67.8 Å². The van der Waals surface area contributed by atoms with Crippen LogP contribution < -0.4 is 18.9 Å². The van der Waals surface area contributed by atoms with E-state index in [9.17, 15) is 29.7 Å². The third-order valence-electron chi connectivity index (χ3n) is 7.17. The molecule has 0 atom stereocenters. The smallest absolute Gasteiger partial charge is 0.347 e. The Labute approximate surface area is 231 Å². The molecule has 0 amide bonds. The van der Waals surface area contributed by atoms with Crippen LogP contribution in [0.2, 0.25) is 0 Å². The van der Waals surface area contributed by atoms with Crippen LogP contribution in [0.1, 0.15) is 70.0 Å². The molecule has 3 aromatic carbocycles. The molecule has 0 aliphatic carbocycles. The number of aromatic carboxylic acids is 1. The molecule has 10 nitrogen and oxygen atoms in total. The van der Waals surface area contributed by atoms with Crippen molar-refractivity contribution in [2.24, 2.45) is 0 Å². The summed E-state index contributed by atoms with van der Waals surface area (Å²) < 4.78 is 22.2. The molecule has 3 aromatic rings. The van der Waals surface area contributed by atoms with Crippen LogP contribution >= 0.6 is 0 Å². The Balaban J connectivity index is 2.09. The molecule has 10 heteroatoms. The monoisotopic (exact) mass is 552 g/mol. The zero-order valence-corrected chi connectivity index (χ0v) is 23.9. The molecule has 0 bridgehead atoms. The van der Waals surface area contributed by atoms with Gasteiger partial charge in [-0.3, -0.25) is 0 Å². The lowest BCUT2D eigenvalue weighted by Crippen LogP contribution is -2.18. The topological polar surface area (TPSA) is 149 Å². The first kappa shape index (κ1) is 29.8. The first-order valence-electron chi connectivity index (χ1n) is 12.2. The number of carbonyl (C=O) groups is 3. The SMILES string of the molecule is COc1cc(OC(=O)c2c(C)c(C)c(OC(=O)c3c(C)cc(O)c(C)c3O)c(C)c2OC)c(C)c(C)c1C(=O)O. The number of ether oxygens (including phenoxy) is 4. The highest BCUT2D eigenvalue weighted by atomic mass is 16.5. The van der Waals surface area contributed by atoms with Gasteiger partial charge in [-0.15, -0.1) is 0 Å². The Morgan fingerprint density at radius 1 is 0.600 bits per heavy atom. The van der Waals surface area contributed by atoms with Crippen molar-refractivity contribution in [1.82, 2.24) is 0 Å². The van der Waals surface area contributed by atoms with Gasteiger partial charge in [-0.05, 0) is 82.3 Å². The van der Waals surface area contributed by atoms with Crippen LogP contribution in [0.25, 0.3) is 0 Å². The summed E-state index contributed by atoms with van der Waals surface area (Å²) in [5.41, 5.74) is 2.46. The summed E-state index contributed by atoms with van der Waals surface area (Å²) in [6.07, 6.45) is 0. The minimum atomic E-state index is -1.17. The minimum absolute atomic E-state index is 0.0310. The van der Waals surface area contributed by atoms with Crippen molar-refractivity contribution in [3.8, 4) is 34.5 Å². The van der Waals surface area contributed by atoms with E-state index in [0.29, 0.717) is 33.4 Å². The fraction of sp³-hybridized carbons (Fsp3) is 0.300. The number of methoxy groups -OCH3 is 2. The van der Waals surface area contributed by atoms with Gasteiger partial charge < -0.3 is 34.3 Å². The number of phenols is 2. The van der Waals surface area contributed by atoms with E-state index in [4.69, 9.17) is 18.9 Å². The van der Waals surface area contributed by atoms with Gasteiger partial charge in [-0.2, -0.15) is 0 Å². The molecule has 212 valence electrons. The van der Waals surface area contributed by atoms with Crippen molar-refractivity contribution in [1.29, 1.82) is 0 Å². The number of carboxylic acids is 1. The Morgan fingerprint density at radius 3 is 1.73 bits per heavy atom. The third-order valence-corrected chi connectivity index (χ3v) is 7.17. The molecule has 3 rings (SSSR count). The van der Waals surface area contributed by atoms with Crippen LogP contribution in [0.3, 0.4) is 0 Å². The van der Waals surface area contributed by atoms with E-state index < -0.39 is 23.7 Å². The molecule has 3 N–H and O–H groups in total. The zero-order chi connectivity index (χ0) is 30.2. The number of phenolic OH excluding ortho intramolecular Hbond substituents is 2. The molecule has 0 fully saturated rings. The molecule has 0 aliphatic heterocycles. The molecule has 40 heavy (non-hydrogen) atoms. The van der Waals surface area contributed by atoms with E-state index in [1.807, 2.05) is 0 Å². The number of hydrogen-bond acceptors (Lipinski definition) is 9. The summed E-state index contributed by atoms with van der Waals surface area (Å²) in [6.45, 7) is 11.2. The van der Waals surface area contributed by atoms with Crippen LogP contribution in [0.5, 0.6) is 34.5 Å². The Kier molecular flexibility index (Phi) is 8.33. The lowest BCUT2D eigenvalue weighted by Gasteiger charge is -2.21. The van der Waals surface area contributed by atoms with Gasteiger partial charge in [0.15, 0.2) is 0 Å². The fourth-order valence-corrected chi connectivity index (χ4v) is 4.58. The maximum absolute atomic E-state index is 13.5. The van der Waals surface area contributed by atoms with E-state index in [1.54, 1.807) is 41.5 Å². The van der Waals surface area contributed by atoms with E-state index in [-0.39, 0.29) is 51.0 Å². The standard InChI is InChI=1S/C30H32O10/c1-12-10-19(31)17(6)25(32)22(12)29(35)40-26-16(5)15(4)24(27(38-9)18(26)7)30(36)39-20-11-21(37-8)23(28(33)34)14(3)13(20)2/h10-11,31-32H,1-9H3,(H,33,34). The predicted molar refractivity (Wildman–Crippen MR) is 146 cm³/mol. The highest BCUT2D eigenvalue weighted by molar-refractivity contribution is 6.00. The summed E-state index contributed by atoms with van der Waals surface area (Å²) in [6, 6.07) is 2.70. The van der Waals surface area contributed by atoms with Crippen LogP contribution in [0.4, 0.5) is 0 Å². The average Bonchev–Trinajstić information content (AvgIpc) is 2.89. The molecule has 0 saturated heterocycles. The number of rotatable bonds is 7. The molecule has 0 aliphatic rings. The van der Waals surface area contributed by atoms with Gasteiger partial charge in [0.05, 0.1) is 14.2 Å². The Morgan fingerprint density at radius 2 is 1.18 bits per heavy atom. The molecule has 0 heterocycles. The van der Waals surface area contributed by atoms with Crippen molar-refractivity contribution >= 4 is 17.9 Å². The average molecular weight is 553 g/mol. The lowest BCUT2D eigenvalue weighted by molar-refractivity contribution is 0.0689. The normalized spacial score (nSPS) is 10.7. The van der Waals surface area contributed by atoms with Crippen LogP contribution in [0, 0.1) is 48.5 Å². The van der Waals surface area contributed by atoms with Gasteiger partial charge in [0.1, 0.15) is 51.2 Å². The zero-order valence-electron chi connectivity index (χ0n) is 23.9. The number of carboxylic acid groups (broad SMARTS) is 1. The molecule has 0 unspecified atom stereocenters. The van der Waals surface area contributed by atoms with Gasteiger partial charge in [0.25, 0.3) is 0 Å². The van der Waals surface area contributed by atoms with Gasteiger partial charge in [-0.1, -0.05) is 0 Å². The summed E-state index contributed by atoms with van der Waals surface area (Å²) >= 11 is 0. The largest absolute Gasteiger partial charge is 0.508 e. The van der Waals surface area contributed by atoms with Gasteiger partial charge in [-0.25, -0.2) is 14.4 Å². The second-order valence-electron chi connectivity index (χ2n) is 9.46. The number of aromatic hydroxyl groups is 2. The fourth-order valence-electron chi connectivity index (χ4n) is 4.58. The second-order valence-corrected chi connectivity index (χ2v) is 9.46. The number of carbonyl (C=O) groups excluding carboxylic acids is 2. The molecular formula is C30H32O10. The lowest BCUT2D eigenvalue weighted by atomic mass is 9.96. The summed E-state index contributed by atoms with van der Waals surface area (Å²) in [4.78, 5) is 38.4. The van der Waals surface area contributed by atoms with Gasteiger partial charge in [0.2, 0.25) is 0 Å². The number of esters is 2.